The van der Waals surface area contributed by atoms with Crippen molar-refractivity contribution in [1.82, 2.24) is 10.0 Å². The van der Waals surface area contributed by atoms with Crippen LogP contribution in [-0.4, -0.2) is 28.6 Å². The van der Waals surface area contributed by atoms with Gasteiger partial charge >= 0.3 is 0 Å². The first-order valence-corrected chi connectivity index (χ1v) is 9.03. The van der Waals surface area contributed by atoms with Crippen LogP contribution in [0.4, 0.5) is 0 Å². The molecule has 0 aromatic heterocycles. The van der Waals surface area contributed by atoms with Gasteiger partial charge in [0.1, 0.15) is 5.75 Å². The molecule has 1 aliphatic rings. The van der Waals surface area contributed by atoms with Gasteiger partial charge in [0.2, 0.25) is 10.0 Å². The predicted molar refractivity (Wildman–Crippen MR) is 96.3 cm³/mol. The molecule has 2 aromatic carbocycles. The van der Waals surface area contributed by atoms with Crippen molar-refractivity contribution in [3.63, 3.8) is 0 Å². The molecule has 1 unspecified atom stereocenters. The van der Waals surface area contributed by atoms with Crippen molar-refractivity contribution in [1.29, 1.82) is 0 Å². The molecule has 24 heavy (non-hydrogen) atoms. The van der Waals surface area contributed by atoms with E-state index in [9.17, 15) is 8.42 Å². The molecule has 0 saturated carbocycles. The van der Waals surface area contributed by atoms with E-state index in [1.165, 1.54) is 5.56 Å². The van der Waals surface area contributed by atoms with Crippen molar-refractivity contribution in [2.75, 3.05) is 20.2 Å². The Labute approximate surface area is 148 Å². The van der Waals surface area contributed by atoms with Gasteiger partial charge in [0.15, 0.2) is 0 Å². The van der Waals surface area contributed by atoms with Crippen LogP contribution in [0.3, 0.4) is 0 Å². The van der Waals surface area contributed by atoms with Crippen LogP contribution in [0, 0.1) is 0 Å². The fraction of sp³-hybridized carbons (Fsp3) is 0.294. The number of benzene rings is 2. The second kappa shape index (κ2) is 7.98. The summed E-state index contributed by atoms with van der Waals surface area (Å²) in [6, 6.07) is 14.5. The normalized spacial score (nSPS) is 16.8. The minimum Gasteiger partial charge on any atom is -0.497 e. The van der Waals surface area contributed by atoms with Gasteiger partial charge in [0.05, 0.1) is 12.0 Å². The smallest absolute Gasteiger partial charge is 0.240 e. The van der Waals surface area contributed by atoms with Crippen molar-refractivity contribution < 1.29 is 13.2 Å². The third-order valence-corrected chi connectivity index (χ3v) is 5.50. The highest BCUT2D eigenvalue weighted by atomic mass is 35.5. The van der Waals surface area contributed by atoms with Crippen LogP contribution in [0.5, 0.6) is 5.75 Å². The van der Waals surface area contributed by atoms with E-state index in [4.69, 9.17) is 4.74 Å². The second-order valence-corrected chi connectivity index (χ2v) is 7.25. The molecule has 3 rings (SSSR count). The van der Waals surface area contributed by atoms with Gasteiger partial charge < -0.3 is 10.1 Å². The Hall–Kier alpha value is -1.60. The Morgan fingerprint density at radius 3 is 2.58 bits per heavy atom. The quantitative estimate of drug-likeness (QED) is 0.849. The highest BCUT2D eigenvalue weighted by Gasteiger charge is 2.22. The highest BCUT2D eigenvalue weighted by molar-refractivity contribution is 7.89. The summed E-state index contributed by atoms with van der Waals surface area (Å²) in [7, 11) is -1.98. The monoisotopic (exact) mass is 368 g/mol. The summed E-state index contributed by atoms with van der Waals surface area (Å²) in [6.45, 7) is 1.18. The number of hydrogen-bond donors (Lipinski definition) is 2. The first-order chi connectivity index (χ1) is 11.1. The van der Waals surface area contributed by atoms with Crippen LogP contribution in [0.25, 0.3) is 0 Å². The molecule has 0 bridgehead atoms. The third-order valence-electron chi connectivity index (χ3n) is 4.06. The van der Waals surface area contributed by atoms with Gasteiger partial charge in [-0.25, -0.2) is 13.1 Å². The van der Waals surface area contributed by atoms with E-state index >= 15 is 0 Å². The number of ether oxygens (including phenoxy) is 1. The summed E-state index contributed by atoms with van der Waals surface area (Å²) in [4.78, 5) is 0.238. The summed E-state index contributed by atoms with van der Waals surface area (Å²) in [5, 5.41) is 3.37. The Morgan fingerprint density at radius 1 is 1.17 bits per heavy atom. The van der Waals surface area contributed by atoms with Crippen LogP contribution >= 0.6 is 12.4 Å². The SMILES string of the molecule is COc1ccc(S(=O)(=O)NCC2NCCc3ccccc32)cc1.Cl. The molecule has 0 saturated heterocycles. The van der Waals surface area contributed by atoms with Crippen molar-refractivity contribution in [3.8, 4) is 5.75 Å². The molecule has 130 valence electrons. The minimum atomic E-state index is -3.53. The van der Waals surface area contributed by atoms with Crippen molar-refractivity contribution in [3.05, 3.63) is 59.7 Å². The molecule has 0 fully saturated rings. The molecular weight excluding hydrogens is 348 g/mol. The second-order valence-electron chi connectivity index (χ2n) is 5.48. The van der Waals surface area contributed by atoms with Gasteiger partial charge in [-0.3, -0.25) is 0 Å². The number of nitrogens with one attached hydrogen (secondary N) is 2. The first kappa shape index (κ1) is 18.7. The zero-order chi connectivity index (χ0) is 16.3. The Balaban J connectivity index is 0.00000208. The molecule has 0 aliphatic carbocycles. The lowest BCUT2D eigenvalue weighted by Crippen LogP contribution is -2.38. The Kier molecular flexibility index (Phi) is 6.23. The van der Waals surface area contributed by atoms with Crippen LogP contribution < -0.4 is 14.8 Å². The lowest BCUT2D eigenvalue weighted by atomic mass is 9.95. The average molecular weight is 369 g/mol. The van der Waals surface area contributed by atoms with Crippen LogP contribution in [0.2, 0.25) is 0 Å². The highest BCUT2D eigenvalue weighted by Crippen LogP contribution is 2.22. The third kappa shape index (κ3) is 4.08. The molecule has 7 heteroatoms. The molecule has 2 N–H and O–H groups in total. The average Bonchev–Trinajstić information content (AvgIpc) is 2.60. The lowest BCUT2D eigenvalue weighted by molar-refractivity contribution is 0.414. The molecule has 2 aromatic rings. The van der Waals surface area contributed by atoms with E-state index in [-0.39, 0.29) is 23.3 Å². The van der Waals surface area contributed by atoms with Crippen LogP contribution in [0.15, 0.2) is 53.4 Å². The summed E-state index contributed by atoms with van der Waals surface area (Å²) < 4.78 is 32.6. The van der Waals surface area contributed by atoms with E-state index in [1.54, 1.807) is 31.4 Å². The van der Waals surface area contributed by atoms with Gasteiger partial charge in [-0.05, 0) is 48.4 Å². The predicted octanol–water partition coefficient (Wildman–Crippen LogP) is 2.28. The first-order valence-electron chi connectivity index (χ1n) is 7.55. The maximum Gasteiger partial charge on any atom is 0.240 e. The molecule has 5 nitrogen and oxygen atoms in total. The number of halogens is 1. The molecule has 1 heterocycles. The zero-order valence-electron chi connectivity index (χ0n) is 13.4. The van der Waals surface area contributed by atoms with E-state index in [2.05, 4.69) is 16.1 Å². The maximum atomic E-state index is 12.4. The number of sulfonamides is 1. The topological polar surface area (TPSA) is 67.4 Å². The lowest BCUT2D eigenvalue weighted by Gasteiger charge is -2.27. The van der Waals surface area contributed by atoms with Crippen LogP contribution in [-0.2, 0) is 16.4 Å². The fourth-order valence-electron chi connectivity index (χ4n) is 2.81. The summed E-state index contributed by atoms with van der Waals surface area (Å²) in [5.74, 6) is 0.631. The summed E-state index contributed by atoms with van der Waals surface area (Å²) >= 11 is 0. The van der Waals surface area contributed by atoms with Crippen molar-refractivity contribution in [2.45, 2.75) is 17.4 Å². The van der Waals surface area contributed by atoms with E-state index in [1.807, 2.05) is 18.2 Å². The van der Waals surface area contributed by atoms with Gasteiger partial charge in [0, 0.05) is 12.6 Å². The van der Waals surface area contributed by atoms with Gasteiger partial charge in [0.25, 0.3) is 0 Å². The van der Waals surface area contributed by atoms with Gasteiger partial charge in [-0.2, -0.15) is 0 Å². The number of fused-ring (bicyclic) bond motifs is 1. The van der Waals surface area contributed by atoms with Gasteiger partial charge in [-0.1, -0.05) is 24.3 Å². The van der Waals surface area contributed by atoms with Crippen LogP contribution in [0.1, 0.15) is 17.2 Å². The number of methoxy groups -OCH3 is 1. The van der Waals surface area contributed by atoms with E-state index in [0.29, 0.717) is 12.3 Å². The van der Waals surface area contributed by atoms with E-state index in [0.717, 1.165) is 18.5 Å². The zero-order valence-corrected chi connectivity index (χ0v) is 15.0. The molecule has 0 spiro atoms. The maximum absolute atomic E-state index is 12.4. The summed E-state index contributed by atoms with van der Waals surface area (Å²) in [5.41, 5.74) is 2.44. The Bertz CT molecular complexity index is 779. The molecule has 1 atom stereocenters. The van der Waals surface area contributed by atoms with Gasteiger partial charge in [-0.15, -0.1) is 12.4 Å². The fourth-order valence-corrected chi connectivity index (χ4v) is 3.85. The molecule has 1 aliphatic heterocycles. The standard InChI is InChI=1S/C17H20N2O3S.ClH/c1-22-14-6-8-15(9-7-14)23(20,21)19-12-17-16-5-3-2-4-13(16)10-11-18-17;/h2-9,17-19H,10-12H2,1H3;1H. The van der Waals surface area contributed by atoms with E-state index < -0.39 is 10.0 Å². The molecule has 0 amide bonds. The Morgan fingerprint density at radius 2 is 1.88 bits per heavy atom. The molecule has 0 radical (unpaired) electrons. The number of hydrogen-bond acceptors (Lipinski definition) is 4. The minimum absolute atomic E-state index is 0. The molecular formula is C17H21ClN2O3S. The largest absolute Gasteiger partial charge is 0.497 e. The van der Waals surface area contributed by atoms with Crippen molar-refractivity contribution in [2.24, 2.45) is 0 Å². The van der Waals surface area contributed by atoms with Crippen molar-refractivity contribution >= 4 is 22.4 Å². The number of rotatable bonds is 5. The summed E-state index contributed by atoms with van der Waals surface area (Å²) in [6.07, 6.45) is 0.970.